The molecule has 0 N–H and O–H groups in total. The Morgan fingerprint density at radius 1 is 1.57 bits per heavy atom. The largest absolute Gasteiger partial charge is 0.293 e. The lowest BCUT2D eigenvalue weighted by atomic mass is 10.1. The Balaban J connectivity index is 2.39. The van der Waals surface area contributed by atoms with Crippen molar-refractivity contribution >= 4 is 5.91 Å². The van der Waals surface area contributed by atoms with Gasteiger partial charge in [-0.25, -0.2) is 5.06 Å². The molecule has 0 atom stereocenters. The second-order valence-electron chi connectivity index (χ2n) is 3.82. The Bertz CT molecular complexity index is 241. The van der Waals surface area contributed by atoms with Crippen molar-refractivity contribution in [3.05, 3.63) is 11.6 Å². The molecule has 1 saturated heterocycles. The van der Waals surface area contributed by atoms with Gasteiger partial charge in [0.2, 0.25) is 0 Å². The van der Waals surface area contributed by atoms with Gasteiger partial charge in [0.25, 0.3) is 5.91 Å². The molecule has 1 fully saturated rings. The SMILES string of the molecule is CON(C)C(=O)C=C1CN(C(C)C)C1. The fourth-order valence-corrected chi connectivity index (χ4v) is 1.29. The molecule has 14 heavy (non-hydrogen) atoms. The van der Waals surface area contributed by atoms with Crippen molar-refractivity contribution in [3.63, 3.8) is 0 Å². The Morgan fingerprint density at radius 3 is 2.57 bits per heavy atom. The molecule has 0 spiro atoms. The maximum atomic E-state index is 11.4. The van der Waals surface area contributed by atoms with E-state index in [0.717, 1.165) is 13.1 Å². The molecule has 0 aromatic carbocycles. The molecule has 0 aromatic rings. The van der Waals surface area contributed by atoms with E-state index in [2.05, 4.69) is 18.7 Å². The third-order valence-electron chi connectivity index (χ3n) is 2.45. The van der Waals surface area contributed by atoms with Gasteiger partial charge in [0.05, 0.1) is 7.11 Å². The van der Waals surface area contributed by atoms with Crippen molar-refractivity contribution in [2.24, 2.45) is 0 Å². The summed E-state index contributed by atoms with van der Waals surface area (Å²) >= 11 is 0. The van der Waals surface area contributed by atoms with Crippen LogP contribution in [0.15, 0.2) is 11.6 Å². The van der Waals surface area contributed by atoms with Crippen LogP contribution in [0.2, 0.25) is 0 Å². The quantitative estimate of drug-likeness (QED) is 0.493. The van der Waals surface area contributed by atoms with Gasteiger partial charge in [0, 0.05) is 32.3 Å². The summed E-state index contributed by atoms with van der Waals surface area (Å²) < 4.78 is 0. The zero-order valence-electron chi connectivity index (χ0n) is 9.28. The predicted octanol–water partition coefficient (Wildman–Crippen LogP) is 0.657. The highest BCUT2D eigenvalue weighted by Gasteiger charge is 2.23. The topological polar surface area (TPSA) is 32.8 Å². The van der Waals surface area contributed by atoms with E-state index in [1.54, 1.807) is 13.1 Å². The highest BCUT2D eigenvalue weighted by molar-refractivity contribution is 5.87. The Hall–Kier alpha value is -0.870. The van der Waals surface area contributed by atoms with E-state index in [0.29, 0.717) is 6.04 Å². The zero-order valence-corrected chi connectivity index (χ0v) is 9.28. The highest BCUT2D eigenvalue weighted by Crippen LogP contribution is 2.17. The van der Waals surface area contributed by atoms with Crippen LogP contribution >= 0.6 is 0 Å². The molecule has 80 valence electrons. The van der Waals surface area contributed by atoms with Gasteiger partial charge in [-0.15, -0.1) is 0 Å². The molecule has 0 aliphatic carbocycles. The van der Waals surface area contributed by atoms with E-state index in [9.17, 15) is 4.79 Å². The number of nitrogens with zero attached hydrogens (tertiary/aromatic N) is 2. The van der Waals surface area contributed by atoms with Crippen LogP contribution in [-0.4, -0.2) is 49.2 Å². The molecule has 4 nitrogen and oxygen atoms in total. The predicted molar refractivity (Wildman–Crippen MR) is 54.6 cm³/mol. The van der Waals surface area contributed by atoms with Gasteiger partial charge in [-0.1, -0.05) is 0 Å². The molecule has 0 bridgehead atoms. The number of carbonyl (C=O) groups excluding carboxylic acids is 1. The van der Waals surface area contributed by atoms with Gasteiger partial charge >= 0.3 is 0 Å². The highest BCUT2D eigenvalue weighted by atomic mass is 16.7. The average Bonchev–Trinajstić information content (AvgIpc) is 2.07. The maximum Gasteiger partial charge on any atom is 0.269 e. The van der Waals surface area contributed by atoms with Crippen molar-refractivity contribution in [1.82, 2.24) is 9.96 Å². The molecular formula is C10H18N2O2. The van der Waals surface area contributed by atoms with E-state index >= 15 is 0 Å². The Morgan fingerprint density at radius 2 is 2.14 bits per heavy atom. The van der Waals surface area contributed by atoms with Crippen LogP contribution in [0, 0.1) is 0 Å². The van der Waals surface area contributed by atoms with Crippen LogP contribution in [0.4, 0.5) is 0 Å². The number of carbonyl (C=O) groups is 1. The van der Waals surface area contributed by atoms with E-state index in [4.69, 9.17) is 4.84 Å². The van der Waals surface area contributed by atoms with Crippen LogP contribution in [0.1, 0.15) is 13.8 Å². The number of likely N-dealkylation sites (tertiary alicyclic amines) is 1. The molecule has 1 aliphatic rings. The van der Waals surface area contributed by atoms with Crippen molar-refractivity contribution in [2.75, 3.05) is 27.2 Å². The zero-order chi connectivity index (χ0) is 10.7. The summed E-state index contributed by atoms with van der Waals surface area (Å²) in [6.07, 6.45) is 1.66. The van der Waals surface area contributed by atoms with E-state index in [-0.39, 0.29) is 5.91 Å². The molecule has 0 saturated carbocycles. The third kappa shape index (κ3) is 2.56. The van der Waals surface area contributed by atoms with Crippen LogP contribution in [0.25, 0.3) is 0 Å². The van der Waals surface area contributed by atoms with Crippen LogP contribution < -0.4 is 0 Å². The summed E-state index contributed by atoms with van der Waals surface area (Å²) in [5.74, 6) is -0.0918. The molecule has 1 rings (SSSR count). The minimum atomic E-state index is -0.0918. The van der Waals surface area contributed by atoms with Crippen LogP contribution in [0.3, 0.4) is 0 Å². The van der Waals surface area contributed by atoms with Gasteiger partial charge < -0.3 is 0 Å². The summed E-state index contributed by atoms with van der Waals surface area (Å²) in [7, 11) is 3.09. The third-order valence-corrected chi connectivity index (χ3v) is 2.45. The first-order valence-corrected chi connectivity index (χ1v) is 4.80. The van der Waals surface area contributed by atoms with Gasteiger partial charge in [-0.05, 0) is 19.4 Å². The molecule has 1 heterocycles. The van der Waals surface area contributed by atoms with Crippen LogP contribution in [-0.2, 0) is 9.63 Å². The number of likely N-dealkylation sites (N-methyl/N-ethyl adjacent to an activating group) is 1. The molecule has 1 amide bonds. The Kier molecular flexibility index (Phi) is 3.66. The number of hydroxylamine groups is 2. The fourth-order valence-electron chi connectivity index (χ4n) is 1.29. The summed E-state index contributed by atoms with van der Waals surface area (Å²) in [6.45, 7) is 6.11. The smallest absolute Gasteiger partial charge is 0.269 e. The van der Waals surface area contributed by atoms with Crippen LogP contribution in [0.5, 0.6) is 0 Å². The lowest BCUT2D eigenvalue weighted by Crippen LogP contribution is -2.45. The second kappa shape index (κ2) is 4.57. The molecular weight excluding hydrogens is 180 g/mol. The fraction of sp³-hybridized carbons (Fsp3) is 0.700. The standard InChI is InChI=1S/C10H18N2O2/c1-8(2)12-6-9(7-12)5-10(13)11(3)14-4/h5,8H,6-7H2,1-4H3. The van der Waals surface area contributed by atoms with E-state index in [1.165, 1.54) is 17.7 Å². The second-order valence-corrected chi connectivity index (χ2v) is 3.82. The summed E-state index contributed by atoms with van der Waals surface area (Å²) in [4.78, 5) is 18.4. The van der Waals surface area contributed by atoms with Gasteiger partial charge in [0.1, 0.15) is 0 Å². The first-order chi connectivity index (χ1) is 6.54. The van der Waals surface area contributed by atoms with Gasteiger partial charge in [-0.2, -0.15) is 0 Å². The number of rotatable bonds is 3. The molecule has 0 unspecified atom stereocenters. The lowest BCUT2D eigenvalue weighted by Gasteiger charge is -2.37. The molecule has 1 aliphatic heterocycles. The maximum absolute atomic E-state index is 11.4. The van der Waals surface area contributed by atoms with E-state index < -0.39 is 0 Å². The first-order valence-electron chi connectivity index (χ1n) is 4.80. The van der Waals surface area contributed by atoms with Crippen molar-refractivity contribution in [2.45, 2.75) is 19.9 Å². The summed E-state index contributed by atoms with van der Waals surface area (Å²) in [6, 6.07) is 0.558. The van der Waals surface area contributed by atoms with Gasteiger partial charge in [0.15, 0.2) is 0 Å². The number of amides is 1. The number of hydrogen-bond donors (Lipinski definition) is 0. The van der Waals surface area contributed by atoms with Gasteiger partial charge in [-0.3, -0.25) is 14.5 Å². The average molecular weight is 198 g/mol. The molecule has 4 heteroatoms. The van der Waals surface area contributed by atoms with Crippen molar-refractivity contribution < 1.29 is 9.63 Å². The lowest BCUT2D eigenvalue weighted by molar-refractivity contribution is -0.162. The molecule has 0 aromatic heterocycles. The summed E-state index contributed by atoms with van der Waals surface area (Å²) in [5, 5.41) is 1.23. The number of hydrogen-bond acceptors (Lipinski definition) is 3. The van der Waals surface area contributed by atoms with E-state index in [1.807, 2.05) is 0 Å². The Labute approximate surface area is 85.1 Å². The molecule has 0 radical (unpaired) electrons. The van der Waals surface area contributed by atoms with Crippen molar-refractivity contribution in [3.8, 4) is 0 Å². The minimum Gasteiger partial charge on any atom is -0.293 e. The normalized spacial score (nSPS) is 16.8. The minimum absolute atomic E-state index is 0.0918. The summed E-state index contributed by atoms with van der Waals surface area (Å²) in [5.41, 5.74) is 1.17. The monoisotopic (exact) mass is 198 g/mol. The first kappa shape index (κ1) is 11.2. The van der Waals surface area contributed by atoms with Crippen molar-refractivity contribution in [1.29, 1.82) is 0 Å².